The van der Waals surface area contributed by atoms with Crippen molar-refractivity contribution in [3.63, 3.8) is 0 Å². The Morgan fingerprint density at radius 1 is 0.767 bits per heavy atom. The Kier molecular flexibility index (Phi) is 11.4. The van der Waals surface area contributed by atoms with Gasteiger partial charge in [0.05, 0.1) is 19.8 Å². The van der Waals surface area contributed by atoms with Crippen molar-refractivity contribution in [2.45, 2.75) is 53.4 Å². The molecule has 0 saturated carbocycles. The number of amides is 1. The zero-order valence-corrected chi connectivity index (χ0v) is 19.8. The normalized spacial score (nSPS) is 19.8. The minimum atomic E-state index is 0.273. The smallest absolute Gasteiger partial charge is 0.236 e. The van der Waals surface area contributed by atoms with Crippen molar-refractivity contribution in [3.8, 4) is 0 Å². The standard InChI is InChI=1S/C25H43N3O2/c1-22(2)7-5-8-23(3)9-6-10-24(4)11-12-26-13-15-28(16-14-26)25(29)21-27-17-19-30-20-18-27/h7,9,11H,5-6,8,10,12-21H2,1-4H3/b23-9+,24-11+. The Morgan fingerprint density at radius 2 is 1.37 bits per heavy atom. The predicted octanol–water partition coefficient (Wildman–Crippen LogP) is 3.88. The summed E-state index contributed by atoms with van der Waals surface area (Å²) < 4.78 is 5.36. The van der Waals surface area contributed by atoms with E-state index in [-0.39, 0.29) is 5.91 Å². The summed E-state index contributed by atoms with van der Waals surface area (Å²) in [6, 6.07) is 0. The van der Waals surface area contributed by atoms with Crippen molar-refractivity contribution in [1.82, 2.24) is 14.7 Å². The van der Waals surface area contributed by atoms with E-state index in [2.05, 4.69) is 55.7 Å². The zero-order chi connectivity index (χ0) is 21.8. The van der Waals surface area contributed by atoms with Crippen molar-refractivity contribution in [3.05, 3.63) is 34.9 Å². The van der Waals surface area contributed by atoms with Crippen LogP contribution in [0.15, 0.2) is 34.9 Å². The molecule has 0 N–H and O–H groups in total. The lowest BCUT2D eigenvalue weighted by Gasteiger charge is -2.36. The number of hydrogen-bond donors (Lipinski definition) is 0. The number of nitrogens with zero attached hydrogens (tertiary/aromatic N) is 3. The van der Waals surface area contributed by atoms with Gasteiger partial charge in [-0.2, -0.15) is 0 Å². The van der Waals surface area contributed by atoms with E-state index in [9.17, 15) is 4.79 Å². The lowest BCUT2D eigenvalue weighted by atomic mass is 10.1. The molecule has 1 amide bonds. The van der Waals surface area contributed by atoms with Crippen LogP contribution in [0.5, 0.6) is 0 Å². The van der Waals surface area contributed by atoms with E-state index in [1.165, 1.54) is 23.1 Å². The van der Waals surface area contributed by atoms with E-state index in [0.717, 1.165) is 78.3 Å². The van der Waals surface area contributed by atoms with Crippen molar-refractivity contribution in [2.24, 2.45) is 0 Å². The number of piperazine rings is 1. The molecule has 2 aliphatic heterocycles. The van der Waals surface area contributed by atoms with Gasteiger partial charge < -0.3 is 9.64 Å². The molecule has 2 rings (SSSR count). The van der Waals surface area contributed by atoms with E-state index < -0.39 is 0 Å². The largest absolute Gasteiger partial charge is 0.379 e. The molecule has 30 heavy (non-hydrogen) atoms. The van der Waals surface area contributed by atoms with Gasteiger partial charge in [-0.25, -0.2) is 0 Å². The molecule has 2 heterocycles. The predicted molar refractivity (Wildman–Crippen MR) is 126 cm³/mol. The van der Waals surface area contributed by atoms with Gasteiger partial charge in [-0.3, -0.25) is 14.6 Å². The van der Waals surface area contributed by atoms with Crippen molar-refractivity contribution < 1.29 is 9.53 Å². The van der Waals surface area contributed by atoms with Crippen LogP contribution in [0.2, 0.25) is 0 Å². The minimum Gasteiger partial charge on any atom is -0.379 e. The Labute approximate surface area is 184 Å². The molecule has 5 nitrogen and oxygen atoms in total. The second kappa shape index (κ2) is 13.8. The summed E-state index contributed by atoms with van der Waals surface area (Å²) in [6.45, 7) is 17.3. The first-order valence-electron chi connectivity index (χ1n) is 11.7. The van der Waals surface area contributed by atoms with Crippen LogP contribution in [0.1, 0.15) is 53.4 Å². The molecule has 0 spiro atoms. The number of allylic oxidation sites excluding steroid dienone is 5. The maximum absolute atomic E-state index is 12.5. The van der Waals surface area contributed by atoms with Gasteiger partial charge in [0.15, 0.2) is 0 Å². The van der Waals surface area contributed by atoms with Gasteiger partial charge in [-0.15, -0.1) is 0 Å². The fraction of sp³-hybridized carbons (Fsp3) is 0.720. The Bertz CT molecular complexity index is 606. The lowest BCUT2D eigenvalue weighted by molar-refractivity contribution is -0.135. The summed E-state index contributed by atoms with van der Waals surface area (Å²) in [5, 5.41) is 0. The van der Waals surface area contributed by atoms with Crippen molar-refractivity contribution >= 4 is 5.91 Å². The van der Waals surface area contributed by atoms with Gasteiger partial charge in [0, 0.05) is 45.8 Å². The Morgan fingerprint density at radius 3 is 2.00 bits per heavy atom. The maximum atomic E-state index is 12.5. The third kappa shape index (κ3) is 10.1. The van der Waals surface area contributed by atoms with Crippen LogP contribution < -0.4 is 0 Å². The molecule has 0 radical (unpaired) electrons. The fourth-order valence-electron chi connectivity index (χ4n) is 3.85. The van der Waals surface area contributed by atoms with E-state index in [0.29, 0.717) is 6.54 Å². The Hall–Kier alpha value is -1.43. The van der Waals surface area contributed by atoms with Crippen LogP contribution in [0, 0.1) is 0 Å². The first-order valence-corrected chi connectivity index (χ1v) is 11.7. The number of hydrogen-bond acceptors (Lipinski definition) is 4. The van der Waals surface area contributed by atoms with E-state index in [1.54, 1.807) is 0 Å². The molecule has 170 valence electrons. The molecule has 0 aliphatic carbocycles. The van der Waals surface area contributed by atoms with Gasteiger partial charge in [0.25, 0.3) is 0 Å². The third-order valence-corrected chi connectivity index (χ3v) is 6.01. The van der Waals surface area contributed by atoms with Gasteiger partial charge in [0.1, 0.15) is 0 Å². The average molecular weight is 418 g/mol. The highest BCUT2D eigenvalue weighted by Crippen LogP contribution is 2.12. The summed E-state index contributed by atoms with van der Waals surface area (Å²) in [4.78, 5) is 19.2. The van der Waals surface area contributed by atoms with Crippen LogP contribution >= 0.6 is 0 Å². The van der Waals surface area contributed by atoms with Crippen LogP contribution in [-0.2, 0) is 9.53 Å². The summed E-state index contributed by atoms with van der Waals surface area (Å²) >= 11 is 0. The van der Waals surface area contributed by atoms with Gasteiger partial charge in [-0.05, 0) is 53.4 Å². The third-order valence-electron chi connectivity index (χ3n) is 6.01. The second-order valence-electron chi connectivity index (χ2n) is 9.03. The molecule has 0 aromatic heterocycles. The summed E-state index contributed by atoms with van der Waals surface area (Å²) in [6.07, 6.45) is 11.7. The summed E-state index contributed by atoms with van der Waals surface area (Å²) in [5.74, 6) is 0.273. The maximum Gasteiger partial charge on any atom is 0.236 e. The van der Waals surface area contributed by atoms with E-state index in [1.807, 2.05) is 4.90 Å². The molecule has 0 aromatic carbocycles. The lowest BCUT2D eigenvalue weighted by Crippen LogP contribution is -2.52. The first-order chi connectivity index (χ1) is 14.4. The number of carbonyl (C=O) groups is 1. The number of morpholine rings is 1. The highest BCUT2D eigenvalue weighted by Gasteiger charge is 2.23. The molecule has 2 fully saturated rings. The molecule has 0 unspecified atom stereocenters. The molecular weight excluding hydrogens is 374 g/mol. The van der Waals surface area contributed by atoms with Crippen LogP contribution in [0.25, 0.3) is 0 Å². The van der Waals surface area contributed by atoms with E-state index in [4.69, 9.17) is 4.74 Å². The molecule has 2 saturated heterocycles. The zero-order valence-electron chi connectivity index (χ0n) is 19.8. The minimum absolute atomic E-state index is 0.273. The molecule has 0 bridgehead atoms. The topological polar surface area (TPSA) is 36.0 Å². The fourth-order valence-corrected chi connectivity index (χ4v) is 3.85. The molecule has 0 aromatic rings. The number of ether oxygens (including phenoxy) is 1. The van der Waals surface area contributed by atoms with Gasteiger partial charge >= 0.3 is 0 Å². The monoisotopic (exact) mass is 417 g/mol. The second-order valence-corrected chi connectivity index (χ2v) is 9.03. The Balaban J connectivity index is 1.61. The van der Waals surface area contributed by atoms with E-state index >= 15 is 0 Å². The average Bonchev–Trinajstić information content (AvgIpc) is 2.73. The molecule has 0 atom stereocenters. The van der Waals surface area contributed by atoms with Gasteiger partial charge in [-0.1, -0.05) is 34.9 Å². The summed E-state index contributed by atoms with van der Waals surface area (Å²) in [5.41, 5.74) is 4.37. The number of rotatable bonds is 10. The first kappa shape index (κ1) is 24.8. The molecular formula is C25H43N3O2. The number of carbonyl (C=O) groups excluding carboxylic acids is 1. The highest BCUT2D eigenvalue weighted by molar-refractivity contribution is 5.78. The van der Waals surface area contributed by atoms with Crippen LogP contribution in [-0.4, -0.2) is 86.2 Å². The highest BCUT2D eigenvalue weighted by atomic mass is 16.5. The molecule has 2 aliphatic rings. The summed E-state index contributed by atoms with van der Waals surface area (Å²) in [7, 11) is 0. The van der Waals surface area contributed by atoms with Crippen molar-refractivity contribution in [2.75, 3.05) is 65.6 Å². The van der Waals surface area contributed by atoms with Crippen LogP contribution in [0.4, 0.5) is 0 Å². The quantitative estimate of drug-likeness (QED) is 0.506. The SMILES string of the molecule is CC(C)=CCC/C(C)=C/CC/C(C)=C/CN1CCN(C(=O)CN2CCOCC2)CC1. The van der Waals surface area contributed by atoms with Gasteiger partial charge in [0.2, 0.25) is 5.91 Å². The molecule has 5 heteroatoms. The van der Waals surface area contributed by atoms with Crippen molar-refractivity contribution in [1.29, 1.82) is 0 Å². The van der Waals surface area contributed by atoms with Crippen LogP contribution in [0.3, 0.4) is 0 Å².